The van der Waals surface area contributed by atoms with E-state index in [-0.39, 0.29) is 17.2 Å². The molecule has 0 aliphatic carbocycles. The van der Waals surface area contributed by atoms with Crippen LogP contribution in [0.2, 0.25) is 0 Å². The quantitative estimate of drug-likeness (QED) is 0.638. The van der Waals surface area contributed by atoms with Crippen LogP contribution in [0.25, 0.3) is 11.1 Å². The highest BCUT2D eigenvalue weighted by atomic mass is 16.1. The molecule has 0 aliphatic heterocycles. The Hall–Kier alpha value is -2.94. The van der Waals surface area contributed by atoms with E-state index < -0.39 is 0 Å². The van der Waals surface area contributed by atoms with Crippen LogP contribution in [-0.4, -0.2) is 10.9 Å². The SMILES string of the molecule is Cc1cc(-c2ccc(NC(=O)C(c3ccccc3)C(C)(C)C)cc2)ccn1. The average molecular weight is 358 g/mol. The van der Waals surface area contributed by atoms with Crippen molar-refractivity contribution in [3.05, 3.63) is 84.2 Å². The highest BCUT2D eigenvalue weighted by Crippen LogP contribution is 2.36. The van der Waals surface area contributed by atoms with Gasteiger partial charge in [0.2, 0.25) is 5.91 Å². The topological polar surface area (TPSA) is 42.0 Å². The van der Waals surface area contributed by atoms with E-state index in [0.717, 1.165) is 28.1 Å². The van der Waals surface area contributed by atoms with E-state index in [4.69, 9.17) is 0 Å². The number of carbonyl (C=O) groups is 1. The molecule has 0 saturated heterocycles. The van der Waals surface area contributed by atoms with E-state index in [1.807, 2.05) is 73.8 Å². The molecular formula is C24H26N2O. The number of hydrogen-bond donors (Lipinski definition) is 1. The molecule has 1 heterocycles. The summed E-state index contributed by atoms with van der Waals surface area (Å²) in [5, 5.41) is 3.09. The summed E-state index contributed by atoms with van der Waals surface area (Å²) in [4.78, 5) is 17.3. The van der Waals surface area contributed by atoms with Crippen LogP contribution in [0.3, 0.4) is 0 Å². The van der Waals surface area contributed by atoms with Gasteiger partial charge >= 0.3 is 0 Å². The molecule has 3 nitrogen and oxygen atoms in total. The van der Waals surface area contributed by atoms with Crippen molar-refractivity contribution >= 4 is 11.6 Å². The van der Waals surface area contributed by atoms with E-state index in [2.05, 4.69) is 37.1 Å². The number of rotatable bonds is 4. The molecule has 3 heteroatoms. The molecule has 27 heavy (non-hydrogen) atoms. The fourth-order valence-corrected chi connectivity index (χ4v) is 3.38. The second-order valence-corrected chi connectivity index (χ2v) is 7.96. The van der Waals surface area contributed by atoms with Crippen LogP contribution >= 0.6 is 0 Å². The third kappa shape index (κ3) is 4.62. The minimum absolute atomic E-state index is 0.0150. The molecule has 0 fully saturated rings. The van der Waals surface area contributed by atoms with Crippen LogP contribution in [0.15, 0.2) is 72.9 Å². The zero-order chi connectivity index (χ0) is 19.4. The molecule has 2 aromatic carbocycles. The molecule has 0 spiro atoms. The number of nitrogens with one attached hydrogen (secondary N) is 1. The highest BCUT2D eigenvalue weighted by molar-refractivity contribution is 5.96. The molecule has 0 bridgehead atoms. The number of hydrogen-bond acceptors (Lipinski definition) is 2. The smallest absolute Gasteiger partial charge is 0.232 e. The Labute approximate surface area is 161 Å². The van der Waals surface area contributed by atoms with Gasteiger partial charge in [-0.2, -0.15) is 0 Å². The minimum Gasteiger partial charge on any atom is -0.326 e. The van der Waals surface area contributed by atoms with Crippen molar-refractivity contribution in [2.24, 2.45) is 5.41 Å². The van der Waals surface area contributed by atoms with Crippen LogP contribution in [0.5, 0.6) is 0 Å². The number of aromatic nitrogens is 1. The Balaban J connectivity index is 1.80. The normalized spacial score (nSPS) is 12.4. The Kier molecular flexibility index (Phi) is 5.41. The predicted molar refractivity (Wildman–Crippen MR) is 112 cm³/mol. The zero-order valence-corrected chi connectivity index (χ0v) is 16.4. The van der Waals surface area contributed by atoms with Gasteiger partial charge in [-0.05, 0) is 53.3 Å². The van der Waals surface area contributed by atoms with E-state index in [1.54, 1.807) is 0 Å². The predicted octanol–water partition coefficient (Wildman–Crippen LogP) is 5.83. The fraction of sp³-hybridized carbons (Fsp3) is 0.250. The van der Waals surface area contributed by atoms with Gasteiger partial charge in [0.1, 0.15) is 0 Å². The van der Waals surface area contributed by atoms with Crippen molar-refractivity contribution in [3.63, 3.8) is 0 Å². The van der Waals surface area contributed by atoms with Gasteiger partial charge in [-0.1, -0.05) is 63.2 Å². The van der Waals surface area contributed by atoms with Crippen LogP contribution < -0.4 is 5.32 Å². The van der Waals surface area contributed by atoms with Gasteiger partial charge in [0.25, 0.3) is 0 Å². The van der Waals surface area contributed by atoms with Crippen molar-refractivity contribution in [2.45, 2.75) is 33.6 Å². The number of pyridine rings is 1. The number of anilines is 1. The number of nitrogens with zero attached hydrogens (tertiary/aromatic N) is 1. The summed E-state index contributed by atoms with van der Waals surface area (Å²) in [7, 11) is 0. The van der Waals surface area contributed by atoms with Gasteiger partial charge < -0.3 is 5.32 Å². The van der Waals surface area contributed by atoms with Crippen molar-refractivity contribution < 1.29 is 4.79 Å². The highest BCUT2D eigenvalue weighted by Gasteiger charge is 2.32. The number of benzene rings is 2. The maximum Gasteiger partial charge on any atom is 0.232 e. The standard InChI is InChI=1S/C24H26N2O/c1-17-16-20(14-15-25-17)18-10-12-21(13-11-18)26-23(27)22(24(2,3)4)19-8-6-5-7-9-19/h5-16,22H,1-4H3,(H,26,27). The molecule has 3 aromatic rings. The first kappa shape index (κ1) is 18.8. The first-order valence-corrected chi connectivity index (χ1v) is 9.23. The Bertz CT molecular complexity index is 909. The summed E-state index contributed by atoms with van der Waals surface area (Å²) in [6.07, 6.45) is 1.81. The molecule has 0 radical (unpaired) electrons. The number of carbonyl (C=O) groups excluding carboxylic acids is 1. The molecule has 0 saturated carbocycles. The van der Waals surface area contributed by atoms with Gasteiger partial charge in [0, 0.05) is 17.6 Å². The van der Waals surface area contributed by atoms with E-state index in [1.165, 1.54) is 0 Å². The van der Waals surface area contributed by atoms with Gasteiger partial charge in [-0.15, -0.1) is 0 Å². The van der Waals surface area contributed by atoms with Crippen molar-refractivity contribution in [1.82, 2.24) is 4.98 Å². The van der Waals surface area contributed by atoms with Crippen LogP contribution in [0, 0.1) is 12.3 Å². The Morgan fingerprint density at radius 2 is 1.59 bits per heavy atom. The van der Waals surface area contributed by atoms with E-state index in [0.29, 0.717) is 0 Å². The van der Waals surface area contributed by atoms with E-state index in [9.17, 15) is 4.79 Å². The first-order chi connectivity index (χ1) is 12.8. The maximum atomic E-state index is 13.0. The lowest BCUT2D eigenvalue weighted by Crippen LogP contribution is -2.31. The average Bonchev–Trinajstić information content (AvgIpc) is 2.62. The Morgan fingerprint density at radius 1 is 0.926 bits per heavy atom. The molecule has 138 valence electrons. The molecule has 1 aromatic heterocycles. The molecule has 1 unspecified atom stereocenters. The van der Waals surface area contributed by atoms with Crippen molar-refractivity contribution in [1.29, 1.82) is 0 Å². The monoisotopic (exact) mass is 358 g/mol. The molecule has 1 amide bonds. The number of aryl methyl sites for hydroxylation is 1. The van der Waals surface area contributed by atoms with Crippen LogP contribution in [0.4, 0.5) is 5.69 Å². The summed E-state index contributed by atoms with van der Waals surface area (Å²) in [5.41, 5.74) is 4.87. The van der Waals surface area contributed by atoms with Crippen molar-refractivity contribution in [2.75, 3.05) is 5.32 Å². The lowest BCUT2D eigenvalue weighted by atomic mass is 9.76. The summed E-state index contributed by atoms with van der Waals surface area (Å²) in [5.74, 6) is -0.206. The lowest BCUT2D eigenvalue weighted by molar-refractivity contribution is -0.119. The van der Waals surface area contributed by atoms with Crippen molar-refractivity contribution in [3.8, 4) is 11.1 Å². The van der Waals surface area contributed by atoms with Crippen LogP contribution in [0.1, 0.15) is 37.9 Å². The van der Waals surface area contributed by atoms with Gasteiger partial charge in [-0.3, -0.25) is 9.78 Å². The fourth-order valence-electron chi connectivity index (χ4n) is 3.38. The molecule has 1 N–H and O–H groups in total. The summed E-state index contributed by atoms with van der Waals surface area (Å²) < 4.78 is 0. The van der Waals surface area contributed by atoms with Gasteiger partial charge in [-0.25, -0.2) is 0 Å². The summed E-state index contributed by atoms with van der Waals surface area (Å²) in [6, 6.07) is 22.0. The maximum absolute atomic E-state index is 13.0. The first-order valence-electron chi connectivity index (χ1n) is 9.23. The summed E-state index contributed by atoms with van der Waals surface area (Å²) in [6.45, 7) is 8.27. The lowest BCUT2D eigenvalue weighted by Gasteiger charge is -2.30. The molecular weight excluding hydrogens is 332 g/mol. The van der Waals surface area contributed by atoms with E-state index >= 15 is 0 Å². The second kappa shape index (κ2) is 7.75. The molecule has 0 aliphatic rings. The summed E-state index contributed by atoms with van der Waals surface area (Å²) >= 11 is 0. The second-order valence-electron chi connectivity index (χ2n) is 7.96. The van der Waals surface area contributed by atoms with Gasteiger partial charge in [0.15, 0.2) is 0 Å². The third-order valence-corrected chi connectivity index (χ3v) is 4.64. The minimum atomic E-state index is -0.221. The Morgan fingerprint density at radius 3 is 2.19 bits per heavy atom. The number of amides is 1. The third-order valence-electron chi connectivity index (χ3n) is 4.64. The zero-order valence-electron chi connectivity index (χ0n) is 16.4. The largest absolute Gasteiger partial charge is 0.326 e. The molecule has 1 atom stereocenters. The van der Waals surface area contributed by atoms with Gasteiger partial charge in [0.05, 0.1) is 5.92 Å². The molecule has 3 rings (SSSR count). The van der Waals surface area contributed by atoms with Crippen LogP contribution in [-0.2, 0) is 4.79 Å².